The van der Waals surface area contributed by atoms with Crippen LogP contribution < -0.4 is 4.74 Å². The Balaban J connectivity index is 2.29. The van der Waals surface area contributed by atoms with Gasteiger partial charge in [-0.05, 0) is 24.1 Å². The van der Waals surface area contributed by atoms with Crippen LogP contribution in [0.3, 0.4) is 0 Å². The van der Waals surface area contributed by atoms with Crippen molar-refractivity contribution in [1.82, 2.24) is 4.98 Å². The van der Waals surface area contributed by atoms with Crippen LogP contribution in [0.25, 0.3) is 10.9 Å². The van der Waals surface area contributed by atoms with Gasteiger partial charge >= 0.3 is 0 Å². The Morgan fingerprint density at radius 1 is 1.33 bits per heavy atom. The van der Waals surface area contributed by atoms with Crippen molar-refractivity contribution < 1.29 is 9.53 Å². The topological polar surface area (TPSA) is 42.1 Å². The molecule has 1 N–H and O–H groups in total. The molecular weight excluding hydrogens is 190 g/mol. The highest BCUT2D eigenvalue weighted by Gasteiger charge is 2.23. The summed E-state index contributed by atoms with van der Waals surface area (Å²) in [4.78, 5) is 14.7. The number of rotatable bonds is 1. The highest BCUT2D eigenvalue weighted by molar-refractivity contribution is 6.05. The molecule has 0 saturated heterocycles. The van der Waals surface area contributed by atoms with Crippen molar-refractivity contribution in [2.24, 2.45) is 0 Å². The van der Waals surface area contributed by atoms with Crippen LogP contribution in [0, 0.1) is 0 Å². The van der Waals surface area contributed by atoms with Gasteiger partial charge in [0.05, 0.1) is 12.8 Å². The molecule has 0 bridgehead atoms. The van der Waals surface area contributed by atoms with E-state index in [-0.39, 0.29) is 5.78 Å². The largest absolute Gasteiger partial charge is 0.497 e. The van der Waals surface area contributed by atoms with Crippen LogP contribution in [0.1, 0.15) is 22.5 Å². The highest BCUT2D eigenvalue weighted by atomic mass is 16.5. The SMILES string of the molecule is COc1ccc2c3c([nH]c2c1)C(=O)CC3. The third-order valence-electron chi connectivity index (χ3n) is 2.99. The summed E-state index contributed by atoms with van der Waals surface area (Å²) in [6, 6.07) is 5.88. The number of H-pyrrole nitrogens is 1. The standard InChI is InChI=1S/C12H11NO2/c1-15-7-2-3-8-9-4-5-11(14)12(9)13-10(8)6-7/h2-3,6,13H,4-5H2,1H3. The summed E-state index contributed by atoms with van der Waals surface area (Å²) >= 11 is 0. The highest BCUT2D eigenvalue weighted by Crippen LogP contribution is 2.31. The fraction of sp³-hybridized carbons (Fsp3) is 0.250. The van der Waals surface area contributed by atoms with Gasteiger partial charge in [-0.2, -0.15) is 0 Å². The number of aromatic nitrogens is 1. The molecule has 1 aromatic carbocycles. The second kappa shape index (κ2) is 2.86. The Bertz CT molecular complexity index is 554. The van der Waals surface area contributed by atoms with E-state index < -0.39 is 0 Å². The number of aryl methyl sites for hydroxylation is 1. The average molecular weight is 201 g/mol. The monoisotopic (exact) mass is 201 g/mol. The van der Waals surface area contributed by atoms with Gasteiger partial charge in [-0.1, -0.05) is 0 Å². The van der Waals surface area contributed by atoms with E-state index in [2.05, 4.69) is 4.98 Å². The smallest absolute Gasteiger partial charge is 0.179 e. The molecule has 1 aliphatic carbocycles. The van der Waals surface area contributed by atoms with E-state index in [0.717, 1.165) is 34.3 Å². The van der Waals surface area contributed by atoms with Gasteiger partial charge in [-0.25, -0.2) is 0 Å². The zero-order valence-electron chi connectivity index (χ0n) is 8.46. The van der Waals surface area contributed by atoms with E-state index >= 15 is 0 Å². The number of carbonyl (C=O) groups is 1. The van der Waals surface area contributed by atoms with Crippen molar-refractivity contribution in [2.45, 2.75) is 12.8 Å². The summed E-state index contributed by atoms with van der Waals surface area (Å²) in [5, 5.41) is 1.15. The van der Waals surface area contributed by atoms with Gasteiger partial charge in [0, 0.05) is 23.4 Å². The second-order valence-corrected chi connectivity index (χ2v) is 3.81. The molecule has 3 rings (SSSR count). The second-order valence-electron chi connectivity index (χ2n) is 3.81. The number of hydrogen-bond acceptors (Lipinski definition) is 2. The first-order valence-corrected chi connectivity index (χ1v) is 5.01. The molecule has 3 nitrogen and oxygen atoms in total. The summed E-state index contributed by atoms with van der Waals surface area (Å²) in [7, 11) is 1.64. The molecule has 0 atom stereocenters. The Morgan fingerprint density at radius 2 is 2.20 bits per heavy atom. The fourth-order valence-corrected chi connectivity index (χ4v) is 2.22. The van der Waals surface area contributed by atoms with Gasteiger partial charge in [-0.3, -0.25) is 4.79 Å². The first-order valence-electron chi connectivity index (χ1n) is 5.01. The molecule has 0 amide bonds. The molecule has 0 spiro atoms. The van der Waals surface area contributed by atoms with Crippen LogP contribution in [-0.4, -0.2) is 17.9 Å². The Kier molecular flexibility index (Phi) is 1.63. The molecule has 0 fully saturated rings. The molecule has 0 radical (unpaired) electrons. The zero-order valence-corrected chi connectivity index (χ0v) is 8.46. The maximum atomic E-state index is 11.5. The van der Waals surface area contributed by atoms with Crippen molar-refractivity contribution >= 4 is 16.7 Å². The van der Waals surface area contributed by atoms with E-state index in [1.807, 2.05) is 18.2 Å². The number of carbonyl (C=O) groups excluding carboxylic acids is 1. The van der Waals surface area contributed by atoms with Crippen molar-refractivity contribution in [1.29, 1.82) is 0 Å². The lowest BCUT2D eigenvalue weighted by molar-refractivity contribution is 0.0990. The molecule has 1 aliphatic rings. The number of ketones is 1. The lowest BCUT2D eigenvalue weighted by Gasteiger charge is -1.99. The van der Waals surface area contributed by atoms with Gasteiger partial charge in [0.25, 0.3) is 0 Å². The quantitative estimate of drug-likeness (QED) is 0.769. The van der Waals surface area contributed by atoms with Crippen LogP contribution in [0.4, 0.5) is 0 Å². The molecule has 3 heteroatoms. The minimum Gasteiger partial charge on any atom is -0.497 e. The number of aromatic amines is 1. The molecule has 1 heterocycles. The fourth-order valence-electron chi connectivity index (χ4n) is 2.22. The molecule has 2 aromatic rings. The van der Waals surface area contributed by atoms with E-state index in [1.165, 1.54) is 0 Å². The first-order chi connectivity index (χ1) is 7.29. The molecule has 1 aromatic heterocycles. The number of Topliss-reactive ketones (excluding diaryl/α,β-unsaturated/α-hetero) is 1. The summed E-state index contributed by atoms with van der Waals surface area (Å²) in [5.41, 5.74) is 2.95. The average Bonchev–Trinajstić information content (AvgIpc) is 2.78. The minimum atomic E-state index is 0.222. The Morgan fingerprint density at radius 3 is 3.00 bits per heavy atom. The van der Waals surface area contributed by atoms with Gasteiger partial charge < -0.3 is 9.72 Å². The lowest BCUT2D eigenvalue weighted by Crippen LogP contribution is -1.91. The zero-order chi connectivity index (χ0) is 10.4. The van der Waals surface area contributed by atoms with E-state index in [1.54, 1.807) is 7.11 Å². The van der Waals surface area contributed by atoms with E-state index in [0.29, 0.717) is 6.42 Å². The molecular formula is C12H11NO2. The summed E-state index contributed by atoms with van der Waals surface area (Å²) < 4.78 is 5.14. The number of nitrogens with one attached hydrogen (secondary N) is 1. The number of methoxy groups -OCH3 is 1. The van der Waals surface area contributed by atoms with Crippen LogP contribution in [0.5, 0.6) is 5.75 Å². The maximum Gasteiger partial charge on any atom is 0.179 e. The van der Waals surface area contributed by atoms with Crippen molar-refractivity contribution in [3.05, 3.63) is 29.5 Å². The molecule has 0 aliphatic heterocycles. The summed E-state index contributed by atoms with van der Waals surface area (Å²) in [6.45, 7) is 0. The Labute approximate surface area is 87.1 Å². The summed E-state index contributed by atoms with van der Waals surface area (Å²) in [6.07, 6.45) is 1.50. The predicted octanol–water partition coefficient (Wildman–Crippen LogP) is 2.31. The van der Waals surface area contributed by atoms with Gasteiger partial charge in [0.2, 0.25) is 0 Å². The van der Waals surface area contributed by atoms with E-state index in [4.69, 9.17) is 4.74 Å². The summed E-state index contributed by atoms with van der Waals surface area (Å²) in [5.74, 6) is 1.04. The van der Waals surface area contributed by atoms with Crippen LogP contribution in [0.2, 0.25) is 0 Å². The van der Waals surface area contributed by atoms with Gasteiger partial charge in [0.15, 0.2) is 5.78 Å². The van der Waals surface area contributed by atoms with Gasteiger partial charge in [-0.15, -0.1) is 0 Å². The normalized spacial score (nSPS) is 14.6. The minimum absolute atomic E-state index is 0.222. The first kappa shape index (κ1) is 8.53. The number of benzene rings is 1. The van der Waals surface area contributed by atoms with Crippen molar-refractivity contribution in [2.75, 3.05) is 7.11 Å². The van der Waals surface area contributed by atoms with Crippen LogP contribution >= 0.6 is 0 Å². The van der Waals surface area contributed by atoms with Crippen LogP contribution in [0.15, 0.2) is 18.2 Å². The van der Waals surface area contributed by atoms with Gasteiger partial charge in [0.1, 0.15) is 5.75 Å². The number of fused-ring (bicyclic) bond motifs is 3. The maximum absolute atomic E-state index is 11.5. The number of hydrogen-bond donors (Lipinski definition) is 1. The lowest BCUT2D eigenvalue weighted by atomic mass is 10.1. The third-order valence-corrected chi connectivity index (χ3v) is 2.99. The Hall–Kier alpha value is -1.77. The molecule has 76 valence electrons. The number of ether oxygens (including phenoxy) is 1. The van der Waals surface area contributed by atoms with Crippen LogP contribution in [-0.2, 0) is 6.42 Å². The van der Waals surface area contributed by atoms with Crippen molar-refractivity contribution in [3.63, 3.8) is 0 Å². The van der Waals surface area contributed by atoms with Crippen molar-refractivity contribution in [3.8, 4) is 5.75 Å². The third kappa shape index (κ3) is 1.09. The molecule has 0 unspecified atom stereocenters. The predicted molar refractivity (Wildman–Crippen MR) is 57.5 cm³/mol. The molecule has 0 saturated carbocycles. The molecule has 15 heavy (non-hydrogen) atoms. The van der Waals surface area contributed by atoms with E-state index in [9.17, 15) is 4.79 Å².